The fraction of sp³-hybridized carbons (Fsp3) is 0.231. The van der Waals surface area contributed by atoms with Crippen LogP contribution >= 0.6 is 0 Å². The zero-order chi connectivity index (χ0) is 16.2. The number of alkyl halides is 3. The van der Waals surface area contributed by atoms with Crippen molar-refractivity contribution in [1.82, 2.24) is 4.90 Å². The minimum absolute atomic E-state index is 0.0451. The Labute approximate surface area is 118 Å². The van der Waals surface area contributed by atoms with Crippen molar-refractivity contribution in [2.45, 2.75) is 6.18 Å². The molecule has 0 aromatic heterocycles. The van der Waals surface area contributed by atoms with Gasteiger partial charge in [0.2, 0.25) is 0 Å². The number of carboxylic acid groups (broad SMARTS) is 1. The lowest BCUT2D eigenvalue weighted by Crippen LogP contribution is -2.31. The molecule has 0 heterocycles. The molecule has 112 valence electrons. The molecule has 0 atom stereocenters. The summed E-state index contributed by atoms with van der Waals surface area (Å²) in [5.41, 5.74) is -2.03. The summed E-state index contributed by atoms with van der Waals surface area (Å²) in [4.78, 5) is 23.5. The number of terminal acetylenes is 1. The van der Waals surface area contributed by atoms with Crippen LogP contribution in [-0.2, 0) is 6.18 Å². The second-order valence-electron chi connectivity index (χ2n) is 4.09. The molecule has 0 bridgehead atoms. The average Bonchev–Trinajstić information content (AvgIpc) is 2.37. The topological polar surface area (TPSA) is 69.6 Å². The van der Waals surface area contributed by atoms with Crippen LogP contribution in [0.1, 0.15) is 15.9 Å². The highest BCUT2D eigenvalue weighted by atomic mass is 19.4. The molecule has 2 N–H and O–H groups in total. The highest BCUT2D eigenvalue weighted by Crippen LogP contribution is 2.32. The number of nitrogens with one attached hydrogen (secondary N) is 1. The van der Waals surface area contributed by atoms with Crippen LogP contribution in [0.5, 0.6) is 0 Å². The van der Waals surface area contributed by atoms with Crippen molar-refractivity contribution in [3.05, 3.63) is 29.3 Å². The maximum absolute atomic E-state index is 12.7. The van der Waals surface area contributed by atoms with Gasteiger partial charge in [0.05, 0.1) is 17.7 Å². The van der Waals surface area contributed by atoms with E-state index >= 15 is 0 Å². The van der Waals surface area contributed by atoms with Crippen molar-refractivity contribution >= 4 is 17.7 Å². The Morgan fingerprint density at radius 3 is 2.48 bits per heavy atom. The van der Waals surface area contributed by atoms with Crippen LogP contribution in [0, 0.1) is 12.3 Å². The molecule has 1 aromatic rings. The van der Waals surface area contributed by atoms with Gasteiger partial charge in [-0.25, -0.2) is 9.59 Å². The molecule has 0 aliphatic carbocycles. The molecule has 0 unspecified atom stereocenters. The number of hydrogen-bond acceptors (Lipinski definition) is 2. The first-order valence-electron chi connectivity index (χ1n) is 5.56. The third-order valence-corrected chi connectivity index (χ3v) is 2.43. The fourth-order valence-electron chi connectivity index (χ4n) is 1.41. The quantitative estimate of drug-likeness (QED) is 0.843. The zero-order valence-electron chi connectivity index (χ0n) is 10.9. The van der Waals surface area contributed by atoms with Crippen LogP contribution in [-0.4, -0.2) is 35.6 Å². The van der Waals surface area contributed by atoms with Gasteiger partial charge in [0, 0.05) is 12.7 Å². The molecule has 0 saturated heterocycles. The number of nitrogens with zero attached hydrogens (tertiary/aromatic N) is 1. The zero-order valence-corrected chi connectivity index (χ0v) is 10.9. The first-order valence-corrected chi connectivity index (χ1v) is 5.56. The Kier molecular flexibility index (Phi) is 4.81. The van der Waals surface area contributed by atoms with Crippen molar-refractivity contribution in [2.24, 2.45) is 0 Å². The number of benzene rings is 1. The molecular formula is C13H11F3N2O3. The number of rotatable bonds is 3. The lowest BCUT2D eigenvalue weighted by Gasteiger charge is -2.16. The monoisotopic (exact) mass is 300 g/mol. The van der Waals surface area contributed by atoms with Gasteiger partial charge < -0.3 is 15.3 Å². The average molecular weight is 300 g/mol. The summed E-state index contributed by atoms with van der Waals surface area (Å²) in [7, 11) is 1.35. The highest BCUT2D eigenvalue weighted by Gasteiger charge is 2.32. The van der Waals surface area contributed by atoms with Crippen LogP contribution in [0.25, 0.3) is 0 Å². The largest absolute Gasteiger partial charge is 0.478 e. The van der Waals surface area contributed by atoms with Gasteiger partial charge >= 0.3 is 18.2 Å². The van der Waals surface area contributed by atoms with E-state index in [1.807, 2.05) is 0 Å². The summed E-state index contributed by atoms with van der Waals surface area (Å²) >= 11 is 0. The van der Waals surface area contributed by atoms with Crippen LogP contribution in [0.4, 0.5) is 23.7 Å². The number of hydrogen-bond donors (Lipinski definition) is 2. The normalized spacial score (nSPS) is 10.6. The van der Waals surface area contributed by atoms with E-state index in [-0.39, 0.29) is 12.2 Å². The first-order chi connectivity index (χ1) is 9.65. The van der Waals surface area contributed by atoms with E-state index in [1.165, 1.54) is 7.05 Å². The van der Waals surface area contributed by atoms with Gasteiger partial charge in [0.1, 0.15) is 0 Å². The maximum Gasteiger partial charge on any atom is 0.416 e. The number of aromatic carboxylic acids is 1. The predicted octanol–water partition coefficient (Wildman–Crippen LogP) is 2.50. The number of amides is 2. The summed E-state index contributed by atoms with van der Waals surface area (Å²) < 4.78 is 38.1. The maximum atomic E-state index is 12.7. The Morgan fingerprint density at radius 2 is 2.00 bits per heavy atom. The molecule has 1 rings (SSSR count). The first kappa shape index (κ1) is 16.4. The highest BCUT2D eigenvalue weighted by molar-refractivity contribution is 5.93. The van der Waals surface area contributed by atoms with Gasteiger partial charge in [-0.05, 0) is 18.2 Å². The third kappa shape index (κ3) is 4.42. The number of carbonyl (C=O) groups excluding carboxylic acids is 1. The number of halogens is 3. The van der Waals surface area contributed by atoms with Crippen LogP contribution < -0.4 is 5.32 Å². The summed E-state index contributed by atoms with van der Waals surface area (Å²) in [5, 5.41) is 11.0. The Bertz CT molecular complexity index is 606. The molecule has 0 fully saturated rings. The van der Waals surface area contributed by atoms with E-state index in [9.17, 15) is 22.8 Å². The van der Waals surface area contributed by atoms with Crippen molar-refractivity contribution in [3.8, 4) is 12.3 Å². The van der Waals surface area contributed by atoms with Gasteiger partial charge in [0.25, 0.3) is 0 Å². The molecule has 5 nitrogen and oxygen atoms in total. The number of carboxylic acids is 1. The smallest absolute Gasteiger partial charge is 0.416 e. The van der Waals surface area contributed by atoms with Gasteiger partial charge in [-0.2, -0.15) is 13.2 Å². The SMILES string of the molecule is C#CCN(C)C(=O)Nc1cc(C(=O)O)cc(C(F)(F)F)c1. The number of carbonyl (C=O) groups is 2. The minimum Gasteiger partial charge on any atom is -0.478 e. The van der Waals surface area contributed by atoms with Crippen molar-refractivity contribution in [3.63, 3.8) is 0 Å². The van der Waals surface area contributed by atoms with Crippen molar-refractivity contribution < 1.29 is 27.9 Å². The summed E-state index contributed by atoms with van der Waals surface area (Å²) in [6.45, 7) is -0.0451. The summed E-state index contributed by atoms with van der Waals surface area (Å²) in [6.07, 6.45) is 0.281. The van der Waals surface area contributed by atoms with Gasteiger partial charge in [-0.1, -0.05) is 5.92 Å². The Balaban J connectivity index is 3.13. The van der Waals surface area contributed by atoms with Crippen molar-refractivity contribution in [1.29, 1.82) is 0 Å². The second kappa shape index (κ2) is 6.17. The molecule has 0 saturated carbocycles. The van der Waals surface area contributed by atoms with E-state index in [2.05, 4.69) is 11.2 Å². The minimum atomic E-state index is -4.73. The van der Waals surface area contributed by atoms with Gasteiger partial charge in [0.15, 0.2) is 0 Å². The third-order valence-electron chi connectivity index (χ3n) is 2.43. The van der Waals surface area contributed by atoms with Gasteiger partial charge in [-0.15, -0.1) is 6.42 Å². The summed E-state index contributed by atoms with van der Waals surface area (Å²) in [6, 6.07) is 1.32. The van der Waals surface area contributed by atoms with E-state index in [4.69, 9.17) is 11.5 Å². The fourth-order valence-corrected chi connectivity index (χ4v) is 1.41. The molecule has 1 aromatic carbocycles. The molecule has 21 heavy (non-hydrogen) atoms. The lowest BCUT2D eigenvalue weighted by atomic mass is 10.1. The van der Waals surface area contributed by atoms with E-state index in [0.29, 0.717) is 12.1 Å². The molecule has 8 heteroatoms. The molecule has 0 radical (unpaired) electrons. The molecule has 0 spiro atoms. The lowest BCUT2D eigenvalue weighted by molar-refractivity contribution is -0.137. The standard InChI is InChI=1S/C13H11F3N2O3/c1-3-4-18(2)12(21)17-10-6-8(11(19)20)5-9(7-10)13(14,15)16/h1,5-7H,4H2,2H3,(H,17,21)(H,19,20). The van der Waals surface area contributed by atoms with Crippen LogP contribution in [0.15, 0.2) is 18.2 Å². The second-order valence-corrected chi connectivity index (χ2v) is 4.09. The van der Waals surface area contributed by atoms with Crippen molar-refractivity contribution in [2.75, 3.05) is 18.9 Å². The van der Waals surface area contributed by atoms with Crippen LogP contribution in [0.3, 0.4) is 0 Å². The molecule has 0 aliphatic heterocycles. The predicted molar refractivity (Wildman–Crippen MR) is 68.9 cm³/mol. The van der Waals surface area contributed by atoms with E-state index in [0.717, 1.165) is 11.0 Å². The van der Waals surface area contributed by atoms with Gasteiger partial charge in [-0.3, -0.25) is 0 Å². The number of anilines is 1. The molecule has 0 aliphatic rings. The summed E-state index contributed by atoms with van der Waals surface area (Å²) in [5.74, 6) is 0.657. The molecular weight excluding hydrogens is 289 g/mol. The van der Waals surface area contributed by atoms with Crippen LogP contribution in [0.2, 0.25) is 0 Å². The molecule has 2 amide bonds. The number of urea groups is 1. The van der Waals surface area contributed by atoms with E-state index < -0.39 is 29.3 Å². The Hall–Kier alpha value is -2.69. The van der Waals surface area contributed by atoms with E-state index in [1.54, 1.807) is 0 Å². The Morgan fingerprint density at radius 1 is 1.38 bits per heavy atom.